The number of nitrogens with one attached hydrogen (secondary N) is 1. The van der Waals surface area contributed by atoms with E-state index in [2.05, 4.69) is 5.32 Å². The molecule has 1 unspecified atom stereocenters. The first-order chi connectivity index (χ1) is 20.2. The van der Waals surface area contributed by atoms with Crippen molar-refractivity contribution in [3.05, 3.63) is 80.6 Å². The molecular weight excluding hydrogens is 569 g/mol. The molecule has 4 aliphatic carbocycles. The molecule has 2 aromatic carbocycles. The number of amides is 1. The first-order valence-electron chi connectivity index (χ1n) is 13.9. The van der Waals surface area contributed by atoms with E-state index in [0.29, 0.717) is 6.54 Å². The molecule has 9 nitrogen and oxygen atoms in total. The zero-order chi connectivity index (χ0) is 31.0. The molecule has 226 valence electrons. The highest BCUT2D eigenvalue weighted by Gasteiger charge is 2.60. The largest absolute Gasteiger partial charge is 0.508 e. The van der Waals surface area contributed by atoms with E-state index in [1.165, 1.54) is 11.1 Å². The number of carbonyl (C=O) groups excluding carboxylic acids is 3. The molecule has 0 aliphatic heterocycles. The van der Waals surface area contributed by atoms with E-state index in [1.807, 2.05) is 24.3 Å². The van der Waals surface area contributed by atoms with Crippen LogP contribution in [0.4, 0.5) is 13.2 Å². The van der Waals surface area contributed by atoms with Gasteiger partial charge in [0, 0.05) is 24.5 Å². The number of carbonyl (C=O) groups is 3. The Morgan fingerprint density at radius 2 is 1.70 bits per heavy atom. The van der Waals surface area contributed by atoms with Crippen LogP contribution >= 0.6 is 0 Å². The second-order valence-corrected chi connectivity index (χ2v) is 11.9. The third kappa shape index (κ3) is 4.42. The molecule has 43 heavy (non-hydrogen) atoms. The molecule has 2 aromatic rings. The Balaban J connectivity index is 1.36. The monoisotopic (exact) mass is 598 g/mol. The van der Waals surface area contributed by atoms with Gasteiger partial charge in [0.25, 0.3) is 5.91 Å². The van der Waals surface area contributed by atoms with Gasteiger partial charge in [0.1, 0.15) is 22.8 Å². The number of hydrogen-bond acceptors (Lipinski definition) is 8. The lowest BCUT2D eigenvalue weighted by atomic mass is 9.59. The van der Waals surface area contributed by atoms with Gasteiger partial charge in [-0.3, -0.25) is 14.4 Å². The van der Waals surface area contributed by atoms with E-state index in [9.17, 15) is 48.0 Å². The van der Waals surface area contributed by atoms with Gasteiger partial charge in [-0.15, -0.1) is 0 Å². The number of halogens is 3. The highest BCUT2D eigenvalue weighted by Crippen LogP contribution is 2.54. The van der Waals surface area contributed by atoms with Crippen molar-refractivity contribution in [2.45, 2.75) is 50.4 Å². The zero-order valence-corrected chi connectivity index (χ0v) is 22.8. The SMILES string of the molecule is NC(=O)C1=C(O)[C@@]2(O)C(=O)C3=C(O)c4c(O)cc(CNCC5Cc6ccccc6C5)c(C(F)(F)F)c4CC3C[C@H]2CC1=O. The molecule has 0 bridgehead atoms. The van der Waals surface area contributed by atoms with Crippen molar-refractivity contribution in [2.24, 2.45) is 23.5 Å². The van der Waals surface area contributed by atoms with Crippen molar-refractivity contribution in [3.8, 4) is 5.75 Å². The summed E-state index contributed by atoms with van der Waals surface area (Å²) >= 11 is 0. The fraction of sp³-hybridized carbons (Fsp3) is 0.387. The second kappa shape index (κ2) is 9.95. The summed E-state index contributed by atoms with van der Waals surface area (Å²) in [6, 6.07) is 8.85. The summed E-state index contributed by atoms with van der Waals surface area (Å²) in [7, 11) is 0. The summed E-state index contributed by atoms with van der Waals surface area (Å²) in [6.07, 6.45) is -4.54. The quantitative estimate of drug-likeness (QED) is 0.286. The normalized spacial score (nSPS) is 25.4. The van der Waals surface area contributed by atoms with Crippen molar-refractivity contribution in [2.75, 3.05) is 6.54 Å². The lowest BCUT2D eigenvalue weighted by Crippen LogP contribution is -2.58. The summed E-state index contributed by atoms with van der Waals surface area (Å²) in [5.74, 6) is -8.58. The first kappa shape index (κ1) is 28.9. The Labute approximate surface area is 243 Å². The van der Waals surface area contributed by atoms with E-state index in [-0.39, 0.29) is 24.4 Å². The van der Waals surface area contributed by atoms with Crippen LogP contribution in [-0.4, -0.2) is 50.0 Å². The standard InChI is InChI=1S/C31H29F3N2O7/c32-31(33,34)25-17(12-36-11-13-5-14-3-1-2-4-15(14)6-13)9-20(37)23-19(25)8-16-7-18-10-21(38)24(29(35)42)28(41)30(18,43)27(40)22(16)26(23)39/h1-4,9,13,16,18,36-37,39,41,43H,5-8,10-12H2,(H2,35,42)/t16?,18-,30-/m0/s1. The van der Waals surface area contributed by atoms with Crippen LogP contribution in [0.15, 0.2) is 47.2 Å². The number of ketones is 2. The maximum Gasteiger partial charge on any atom is 0.417 e. The Kier molecular flexibility index (Phi) is 6.70. The summed E-state index contributed by atoms with van der Waals surface area (Å²) < 4.78 is 43.8. The van der Waals surface area contributed by atoms with Gasteiger partial charge in [-0.05, 0) is 72.4 Å². The maximum absolute atomic E-state index is 14.6. The zero-order valence-electron chi connectivity index (χ0n) is 22.8. The number of aliphatic hydroxyl groups excluding tert-OH is 2. The highest BCUT2D eigenvalue weighted by atomic mass is 19.4. The number of rotatable bonds is 5. The molecule has 0 aromatic heterocycles. The van der Waals surface area contributed by atoms with E-state index >= 15 is 0 Å². The number of primary amides is 1. The molecule has 6 rings (SSSR count). The molecule has 0 radical (unpaired) electrons. The van der Waals surface area contributed by atoms with Gasteiger partial charge >= 0.3 is 6.18 Å². The summed E-state index contributed by atoms with van der Waals surface area (Å²) in [5, 5.41) is 47.1. The van der Waals surface area contributed by atoms with Gasteiger partial charge in [-0.25, -0.2) is 0 Å². The van der Waals surface area contributed by atoms with E-state index in [0.717, 1.165) is 18.9 Å². The Morgan fingerprint density at radius 1 is 1.05 bits per heavy atom. The third-order valence-corrected chi connectivity index (χ3v) is 9.32. The van der Waals surface area contributed by atoms with Crippen molar-refractivity contribution >= 4 is 23.2 Å². The molecular formula is C31H29F3N2O7. The van der Waals surface area contributed by atoms with Gasteiger partial charge in [-0.1, -0.05) is 24.3 Å². The molecule has 7 N–H and O–H groups in total. The number of fused-ring (bicyclic) bond motifs is 4. The number of phenolic OH excluding ortho intramolecular Hbond substituents is 1. The number of phenols is 1. The predicted molar refractivity (Wildman–Crippen MR) is 145 cm³/mol. The van der Waals surface area contributed by atoms with Gasteiger partial charge in [0.15, 0.2) is 11.4 Å². The lowest BCUT2D eigenvalue weighted by molar-refractivity contribution is -0.147. The van der Waals surface area contributed by atoms with Crippen LogP contribution in [0.25, 0.3) is 5.76 Å². The Hall–Kier alpha value is -4.16. The molecule has 12 heteroatoms. The minimum Gasteiger partial charge on any atom is -0.508 e. The molecule has 0 saturated heterocycles. The number of hydrogen-bond donors (Lipinski definition) is 6. The van der Waals surface area contributed by atoms with Crippen molar-refractivity contribution in [3.63, 3.8) is 0 Å². The number of benzene rings is 2. The topological polar surface area (TPSA) is 170 Å². The smallest absolute Gasteiger partial charge is 0.417 e. The minimum atomic E-state index is -4.88. The number of aliphatic hydroxyl groups is 3. The van der Waals surface area contributed by atoms with E-state index in [1.54, 1.807) is 0 Å². The molecule has 3 atom stereocenters. The average molecular weight is 599 g/mol. The van der Waals surface area contributed by atoms with Crippen molar-refractivity contribution < 1.29 is 48.0 Å². The van der Waals surface area contributed by atoms with Gasteiger partial charge in [0.2, 0.25) is 5.78 Å². The number of aromatic hydroxyl groups is 1. The van der Waals surface area contributed by atoms with Crippen molar-refractivity contribution in [1.29, 1.82) is 0 Å². The van der Waals surface area contributed by atoms with Crippen LogP contribution in [0.1, 0.15) is 46.2 Å². The van der Waals surface area contributed by atoms with Crippen LogP contribution in [-0.2, 0) is 46.4 Å². The summed E-state index contributed by atoms with van der Waals surface area (Å²) in [6.45, 7) is 0.226. The fourth-order valence-corrected chi connectivity index (χ4v) is 7.46. The lowest BCUT2D eigenvalue weighted by Gasteiger charge is -2.46. The molecule has 1 saturated carbocycles. The van der Waals surface area contributed by atoms with Gasteiger partial charge in [0.05, 0.1) is 11.1 Å². The van der Waals surface area contributed by atoms with Crippen LogP contribution < -0.4 is 11.1 Å². The van der Waals surface area contributed by atoms with Crippen LogP contribution in [0.5, 0.6) is 5.75 Å². The molecule has 0 heterocycles. The number of nitrogens with two attached hydrogens (primary N) is 1. The van der Waals surface area contributed by atoms with E-state index in [4.69, 9.17) is 5.73 Å². The Morgan fingerprint density at radius 3 is 2.30 bits per heavy atom. The van der Waals surface area contributed by atoms with Crippen LogP contribution in [0.2, 0.25) is 0 Å². The molecule has 1 fully saturated rings. The summed E-state index contributed by atoms with van der Waals surface area (Å²) in [4.78, 5) is 37.9. The molecule has 4 aliphatic rings. The predicted octanol–water partition coefficient (Wildman–Crippen LogP) is 2.95. The molecule has 1 amide bonds. The number of alkyl halides is 3. The van der Waals surface area contributed by atoms with Gasteiger partial charge < -0.3 is 31.5 Å². The Bertz CT molecular complexity index is 1640. The molecule has 0 spiro atoms. The number of Topliss-reactive ketones (excluding diaryl/α,β-unsaturated/α-hetero) is 2. The second-order valence-electron chi connectivity index (χ2n) is 11.9. The maximum atomic E-state index is 14.6. The first-order valence-corrected chi connectivity index (χ1v) is 13.9. The third-order valence-electron chi connectivity index (χ3n) is 9.32. The minimum absolute atomic E-state index is 0.193. The van der Waals surface area contributed by atoms with E-state index < -0.39 is 99.0 Å². The van der Waals surface area contributed by atoms with Gasteiger partial charge in [-0.2, -0.15) is 13.2 Å². The highest BCUT2D eigenvalue weighted by molar-refractivity contribution is 6.22. The van der Waals surface area contributed by atoms with Crippen molar-refractivity contribution in [1.82, 2.24) is 5.32 Å². The van der Waals surface area contributed by atoms with Crippen LogP contribution in [0.3, 0.4) is 0 Å². The fourth-order valence-electron chi connectivity index (χ4n) is 7.46. The summed E-state index contributed by atoms with van der Waals surface area (Å²) in [5.41, 5.74) is 1.10. The average Bonchev–Trinajstić information content (AvgIpc) is 3.32. The van der Waals surface area contributed by atoms with Crippen LogP contribution in [0, 0.1) is 17.8 Å².